The molecule has 0 amide bonds. The second kappa shape index (κ2) is 5.14. The number of hydrogen-bond donors (Lipinski definition) is 0. The van der Waals surface area contributed by atoms with E-state index in [9.17, 15) is 4.79 Å². The van der Waals surface area contributed by atoms with Crippen molar-refractivity contribution in [3.05, 3.63) is 32.8 Å². The molecule has 1 aromatic carbocycles. The van der Waals surface area contributed by atoms with Gasteiger partial charge in [-0.25, -0.2) is 4.79 Å². The van der Waals surface area contributed by atoms with Gasteiger partial charge in [0.25, 0.3) is 0 Å². The predicted molar refractivity (Wildman–Crippen MR) is 63.1 cm³/mol. The van der Waals surface area contributed by atoms with Crippen molar-refractivity contribution in [3.8, 4) is 0 Å². The average Bonchev–Trinajstić information content (AvgIpc) is 2.15. The quantitative estimate of drug-likeness (QED) is 0.604. The fraction of sp³-hybridized carbons (Fsp3) is 0.222. The zero-order chi connectivity index (χ0) is 10.7. The van der Waals surface area contributed by atoms with Crippen LogP contribution in [0.3, 0.4) is 0 Å². The molecule has 0 aromatic heterocycles. The molecule has 0 spiro atoms. The largest absolute Gasteiger partial charge is 0.465 e. The standard InChI is InChI=1S/C9H7Br2ClO2/c1-14-9(13)6-2-5(12)3-8(11)7(6)4-10/h2-3H,4H2,1H3. The second-order valence-electron chi connectivity index (χ2n) is 2.54. The van der Waals surface area contributed by atoms with Crippen molar-refractivity contribution in [1.29, 1.82) is 0 Å². The molecular formula is C9H7Br2ClO2. The minimum absolute atomic E-state index is 0.386. The summed E-state index contributed by atoms with van der Waals surface area (Å²) in [5.74, 6) is -0.386. The maximum absolute atomic E-state index is 11.4. The second-order valence-corrected chi connectivity index (χ2v) is 4.39. The van der Waals surface area contributed by atoms with Crippen molar-refractivity contribution in [1.82, 2.24) is 0 Å². The number of carbonyl (C=O) groups excluding carboxylic acids is 1. The van der Waals surface area contributed by atoms with Crippen molar-refractivity contribution >= 4 is 49.4 Å². The Morgan fingerprint density at radius 1 is 1.57 bits per heavy atom. The normalized spacial score (nSPS) is 10.0. The van der Waals surface area contributed by atoms with Crippen LogP contribution in [0, 0.1) is 0 Å². The van der Waals surface area contributed by atoms with Gasteiger partial charge in [-0.3, -0.25) is 0 Å². The lowest BCUT2D eigenvalue weighted by Crippen LogP contribution is -2.05. The van der Waals surface area contributed by atoms with Crippen LogP contribution in [0.1, 0.15) is 15.9 Å². The van der Waals surface area contributed by atoms with Crippen LogP contribution < -0.4 is 0 Å². The molecule has 0 unspecified atom stereocenters. The molecule has 2 nitrogen and oxygen atoms in total. The number of hydrogen-bond acceptors (Lipinski definition) is 2. The lowest BCUT2D eigenvalue weighted by molar-refractivity contribution is 0.0599. The van der Waals surface area contributed by atoms with Crippen LogP contribution in [0.2, 0.25) is 5.02 Å². The predicted octanol–water partition coefficient (Wildman–Crippen LogP) is 3.78. The maximum Gasteiger partial charge on any atom is 0.338 e. The lowest BCUT2D eigenvalue weighted by Gasteiger charge is -2.08. The monoisotopic (exact) mass is 340 g/mol. The van der Waals surface area contributed by atoms with Gasteiger partial charge in [0.05, 0.1) is 12.7 Å². The zero-order valence-corrected chi connectivity index (χ0v) is 11.2. The highest BCUT2D eigenvalue weighted by Crippen LogP contribution is 2.28. The van der Waals surface area contributed by atoms with E-state index >= 15 is 0 Å². The van der Waals surface area contributed by atoms with Crippen LogP contribution in [0.4, 0.5) is 0 Å². The van der Waals surface area contributed by atoms with E-state index in [0.717, 1.165) is 10.0 Å². The first kappa shape index (κ1) is 12.0. The van der Waals surface area contributed by atoms with Gasteiger partial charge in [-0.15, -0.1) is 0 Å². The molecule has 14 heavy (non-hydrogen) atoms. The highest BCUT2D eigenvalue weighted by atomic mass is 79.9. The Morgan fingerprint density at radius 2 is 2.21 bits per heavy atom. The number of rotatable bonds is 2. The molecule has 0 aliphatic heterocycles. The van der Waals surface area contributed by atoms with Gasteiger partial charge in [-0.2, -0.15) is 0 Å². The summed E-state index contributed by atoms with van der Waals surface area (Å²) < 4.78 is 5.44. The molecule has 0 fully saturated rings. The fourth-order valence-corrected chi connectivity index (χ4v) is 2.96. The Hall–Kier alpha value is -0.0600. The average molecular weight is 342 g/mol. The van der Waals surface area contributed by atoms with E-state index in [1.165, 1.54) is 7.11 Å². The molecule has 0 heterocycles. The van der Waals surface area contributed by atoms with Crippen molar-refractivity contribution < 1.29 is 9.53 Å². The van der Waals surface area contributed by atoms with Gasteiger partial charge in [0.2, 0.25) is 0 Å². The van der Waals surface area contributed by atoms with E-state index in [1.54, 1.807) is 12.1 Å². The van der Waals surface area contributed by atoms with Gasteiger partial charge >= 0.3 is 5.97 Å². The summed E-state index contributed by atoms with van der Waals surface area (Å²) in [7, 11) is 1.34. The topological polar surface area (TPSA) is 26.3 Å². The molecule has 0 N–H and O–H groups in total. The fourth-order valence-electron chi connectivity index (χ4n) is 1.03. The van der Waals surface area contributed by atoms with Gasteiger partial charge in [-0.05, 0) is 17.7 Å². The van der Waals surface area contributed by atoms with Crippen LogP contribution >= 0.6 is 43.5 Å². The molecule has 0 atom stereocenters. The smallest absolute Gasteiger partial charge is 0.338 e. The molecule has 5 heteroatoms. The number of esters is 1. The van der Waals surface area contributed by atoms with Gasteiger partial charge in [0.1, 0.15) is 0 Å². The van der Waals surface area contributed by atoms with Gasteiger partial charge in [0.15, 0.2) is 0 Å². The summed E-state index contributed by atoms with van der Waals surface area (Å²) in [6.07, 6.45) is 0. The molecule has 0 aliphatic carbocycles. The SMILES string of the molecule is COC(=O)c1cc(Cl)cc(Br)c1CBr. The first-order valence-electron chi connectivity index (χ1n) is 3.72. The Morgan fingerprint density at radius 3 is 2.71 bits per heavy atom. The molecule has 0 bridgehead atoms. The van der Waals surface area contributed by atoms with E-state index in [-0.39, 0.29) is 5.97 Å². The van der Waals surface area contributed by atoms with E-state index in [2.05, 4.69) is 36.6 Å². The first-order valence-corrected chi connectivity index (χ1v) is 6.01. The van der Waals surface area contributed by atoms with Crippen LogP contribution in [0.5, 0.6) is 0 Å². The number of halogens is 3. The highest BCUT2D eigenvalue weighted by molar-refractivity contribution is 9.10. The molecule has 1 aromatic rings. The molecule has 1 rings (SSSR count). The number of alkyl halides is 1. The third-order valence-electron chi connectivity index (χ3n) is 1.70. The summed E-state index contributed by atoms with van der Waals surface area (Å²) in [6.45, 7) is 0. The van der Waals surface area contributed by atoms with Gasteiger partial charge < -0.3 is 4.74 Å². The van der Waals surface area contributed by atoms with E-state index < -0.39 is 0 Å². The summed E-state index contributed by atoms with van der Waals surface area (Å²) in [6, 6.07) is 3.33. The summed E-state index contributed by atoms with van der Waals surface area (Å²) in [5.41, 5.74) is 1.31. The van der Waals surface area contributed by atoms with E-state index in [4.69, 9.17) is 11.6 Å². The van der Waals surface area contributed by atoms with E-state index in [1.807, 2.05) is 0 Å². The Labute approximate surface area is 104 Å². The third kappa shape index (κ3) is 2.49. The van der Waals surface area contributed by atoms with Crippen molar-refractivity contribution in [2.45, 2.75) is 5.33 Å². The summed E-state index contributed by atoms with van der Waals surface area (Å²) in [4.78, 5) is 11.4. The Bertz CT molecular complexity index is 366. The number of benzene rings is 1. The minimum atomic E-state index is -0.386. The van der Waals surface area contributed by atoms with Crippen LogP contribution in [-0.2, 0) is 10.1 Å². The van der Waals surface area contributed by atoms with Crippen molar-refractivity contribution in [2.75, 3.05) is 7.11 Å². The Kier molecular flexibility index (Phi) is 4.41. The van der Waals surface area contributed by atoms with Crippen molar-refractivity contribution in [3.63, 3.8) is 0 Å². The third-order valence-corrected chi connectivity index (χ3v) is 3.19. The summed E-state index contributed by atoms with van der Waals surface area (Å²) in [5, 5.41) is 1.07. The van der Waals surface area contributed by atoms with Crippen molar-refractivity contribution in [2.24, 2.45) is 0 Å². The first-order chi connectivity index (χ1) is 6.60. The molecule has 0 aliphatic rings. The van der Waals surface area contributed by atoms with Gasteiger partial charge in [0, 0.05) is 14.8 Å². The number of methoxy groups -OCH3 is 1. The molecule has 0 saturated heterocycles. The van der Waals surface area contributed by atoms with Crippen LogP contribution in [0.15, 0.2) is 16.6 Å². The maximum atomic E-state index is 11.4. The number of carbonyl (C=O) groups is 1. The molecule has 76 valence electrons. The molecule has 0 radical (unpaired) electrons. The molecular weight excluding hydrogens is 335 g/mol. The van der Waals surface area contributed by atoms with E-state index in [0.29, 0.717) is 15.9 Å². The zero-order valence-electron chi connectivity index (χ0n) is 7.31. The summed E-state index contributed by atoms with van der Waals surface area (Å²) >= 11 is 12.5. The minimum Gasteiger partial charge on any atom is -0.465 e. The van der Waals surface area contributed by atoms with Gasteiger partial charge in [-0.1, -0.05) is 43.5 Å². The van der Waals surface area contributed by atoms with Crippen LogP contribution in [-0.4, -0.2) is 13.1 Å². The molecule has 0 saturated carbocycles. The Balaban J connectivity index is 3.32. The highest BCUT2D eigenvalue weighted by Gasteiger charge is 2.14. The lowest BCUT2D eigenvalue weighted by atomic mass is 10.1. The number of ether oxygens (including phenoxy) is 1. The van der Waals surface area contributed by atoms with Crippen LogP contribution in [0.25, 0.3) is 0 Å².